The Morgan fingerprint density at radius 1 is 1.22 bits per heavy atom. The largest absolute Gasteiger partial charge is 0.460 e. The summed E-state index contributed by atoms with van der Waals surface area (Å²) in [5.74, 6) is -1.48. The third-order valence-electron chi connectivity index (χ3n) is 3.85. The SMILES string of the molecule is COCCOC(=O)c1cncc(C(=O)OC2C=C(C)CC(C)=C2[N+](=O)[O-])c1. The lowest BCUT2D eigenvalue weighted by Gasteiger charge is -2.19. The maximum absolute atomic E-state index is 12.4. The fourth-order valence-corrected chi connectivity index (χ4v) is 2.65. The van der Waals surface area contributed by atoms with Crippen LogP contribution < -0.4 is 0 Å². The van der Waals surface area contributed by atoms with Gasteiger partial charge in [-0.2, -0.15) is 0 Å². The van der Waals surface area contributed by atoms with Crippen molar-refractivity contribution in [2.45, 2.75) is 26.4 Å². The van der Waals surface area contributed by atoms with E-state index in [0.717, 1.165) is 5.57 Å². The summed E-state index contributed by atoms with van der Waals surface area (Å²) < 4.78 is 15.1. The van der Waals surface area contributed by atoms with Crippen molar-refractivity contribution in [2.24, 2.45) is 0 Å². The molecule has 1 aromatic rings. The van der Waals surface area contributed by atoms with Gasteiger partial charge < -0.3 is 14.2 Å². The zero-order valence-electron chi connectivity index (χ0n) is 15.3. The Hall–Kier alpha value is -3.07. The molecule has 0 N–H and O–H groups in total. The van der Waals surface area contributed by atoms with Crippen molar-refractivity contribution in [3.63, 3.8) is 0 Å². The van der Waals surface area contributed by atoms with Crippen LogP contribution >= 0.6 is 0 Å². The molecule has 0 spiro atoms. The lowest BCUT2D eigenvalue weighted by molar-refractivity contribution is -0.435. The molecule has 1 aromatic heterocycles. The van der Waals surface area contributed by atoms with Gasteiger partial charge in [-0.3, -0.25) is 15.1 Å². The Morgan fingerprint density at radius 2 is 1.89 bits per heavy atom. The molecule has 0 saturated heterocycles. The third kappa shape index (κ3) is 5.20. The summed E-state index contributed by atoms with van der Waals surface area (Å²) in [6.07, 6.45) is 3.37. The number of nitro groups is 1. The van der Waals surface area contributed by atoms with Crippen LogP contribution in [0.5, 0.6) is 0 Å². The predicted molar refractivity (Wildman–Crippen MR) is 93.7 cm³/mol. The molecular weight excluding hydrogens is 356 g/mol. The zero-order chi connectivity index (χ0) is 20.0. The Labute approximate surface area is 155 Å². The van der Waals surface area contributed by atoms with Gasteiger partial charge in [0.2, 0.25) is 6.10 Å². The molecule has 2 rings (SSSR count). The summed E-state index contributed by atoms with van der Waals surface area (Å²) in [4.78, 5) is 39.0. The molecule has 144 valence electrons. The Morgan fingerprint density at radius 3 is 2.52 bits per heavy atom. The monoisotopic (exact) mass is 376 g/mol. The number of rotatable bonds is 7. The van der Waals surface area contributed by atoms with Crippen LogP contribution in [0.1, 0.15) is 41.0 Å². The summed E-state index contributed by atoms with van der Waals surface area (Å²) in [5, 5.41) is 11.3. The van der Waals surface area contributed by atoms with Crippen molar-refractivity contribution in [3.05, 3.63) is 62.6 Å². The van der Waals surface area contributed by atoms with Crippen LogP contribution in [0.4, 0.5) is 0 Å². The topological polar surface area (TPSA) is 118 Å². The molecule has 1 heterocycles. The number of methoxy groups -OCH3 is 1. The minimum absolute atomic E-state index is 0.00632. The molecule has 1 aliphatic carbocycles. The average molecular weight is 376 g/mol. The van der Waals surface area contributed by atoms with E-state index in [1.807, 2.05) is 0 Å². The second kappa shape index (κ2) is 9.04. The van der Waals surface area contributed by atoms with Gasteiger partial charge in [0, 0.05) is 25.1 Å². The third-order valence-corrected chi connectivity index (χ3v) is 3.85. The maximum atomic E-state index is 12.4. The summed E-state index contributed by atoms with van der Waals surface area (Å²) >= 11 is 0. The molecule has 1 unspecified atom stereocenters. The van der Waals surface area contributed by atoms with E-state index < -0.39 is 23.0 Å². The smallest absolute Gasteiger partial charge is 0.340 e. The molecule has 1 aliphatic rings. The first kappa shape index (κ1) is 20.2. The van der Waals surface area contributed by atoms with Crippen LogP contribution in [-0.4, -0.2) is 48.3 Å². The molecule has 1 atom stereocenters. The van der Waals surface area contributed by atoms with Gasteiger partial charge in [-0.1, -0.05) is 5.57 Å². The lowest BCUT2D eigenvalue weighted by atomic mass is 9.96. The highest BCUT2D eigenvalue weighted by Gasteiger charge is 2.33. The number of nitrogens with zero attached hydrogens (tertiary/aromatic N) is 2. The first-order chi connectivity index (χ1) is 12.8. The van der Waals surface area contributed by atoms with Gasteiger partial charge in [-0.15, -0.1) is 0 Å². The first-order valence-corrected chi connectivity index (χ1v) is 8.17. The van der Waals surface area contributed by atoms with Crippen molar-refractivity contribution in [1.29, 1.82) is 0 Å². The molecule has 0 aliphatic heterocycles. The molecule has 9 heteroatoms. The first-order valence-electron chi connectivity index (χ1n) is 8.17. The fraction of sp³-hybridized carbons (Fsp3) is 0.389. The van der Waals surface area contributed by atoms with E-state index in [4.69, 9.17) is 14.2 Å². The van der Waals surface area contributed by atoms with E-state index in [1.54, 1.807) is 19.9 Å². The molecule has 0 amide bonds. The molecule has 0 radical (unpaired) electrons. The molecule has 27 heavy (non-hydrogen) atoms. The van der Waals surface area contributed by atoms with Gasteiger partial charge in [0.1, 0.15) is 6.61 Å². The van der Waals surface area contributed by atoms with Crippen LogP contribution in [0.15, 0.2) is 41.4 Å². The van der Waals surface area contributed by atoms with Gasteiger partial charge in [0.25, 0.3) is 5.70 Å². The highest BCUT2D eigenvalue weighted by molar-refractivity contribution is 5.94. The van der Waals surface area contributed by atoms with E-state index in [9.17, 15) is 19.7 Å². The number of ether oxygens (including phenoxy) is 3. The van der Waals surface area contributed by atoms with Crippen LogP contribution in [0, 0.1) is 10.1 Å². The molecule has 9 nitrogen and oxygen atoms in total. The number of carbonyl (C=O) groups excluding carboxylic acids is 2. The average Bonchev–Trinajstić information content (AvgIpc) is 2.61. The molecule has 0 aromatic carbocycles. The Balaban J connectivity index is 2.16. The van der Waals surface area contributed by atoms with Crippen molar-refractivity contribution < 1.29 is 28.7 Å². The van der Waals surface area contributed by atoms with Gasteiger partial charge in [0.05, 0.1) is 22.7 Å². The van der Waals surface area contributed by atoms with Crippen LogP contribution in [-0.2, 0) is 14.2 Å². The second-order valence-corrected chi connectivity index (χ2v) is 6.03. The van der Waals surface area contributed by atoms with E-state index >= 15 is 0 Å². The second-order valence-electron chi connectivity index (χ2n) is 6.03. The highest BCUT2D eigenvalue weighted by Crippen LogP contribution is 2.27. The number of carbonyl (C=O) groups is 2. The number of allylic oxidation sites excluding steroid dienone is 2. The minimum Gasteiger partial charge on any atom is -0.460 e. The van der Waals surface area contributed by atoms with Gasteiger partial charge in [0.15, 0.2) is 0 Å². The normalized spacial score (nSPS) is 16.6. The zero-order valence-corrected chi connectivity index (χ0v) is 15.3. The number of hydrogen-bond acceptors (Lipinski definition) is 8. The number of pyridine rings is 1. The fourth-order valence-electron chi connectivity index (χ4n) is 2.65. The highest BCUT2D eigenvalue weighted by atomic mass is 16.6. The molecule has 0 saturated carbocycles. The van der Waals surface area contributed by atoms with E-state index in [2.05, 4.69) is 4.98 Å². The minimum atomic E-state index is -1.10. The molecular formula is C18H20N2O7. The van der Waals surface area contributed by atoms with Crippen LogP contribution in [0.25, 0.3) is 0 Å². The van der Waals surface area contributed by atoms with E-state index in [-0.39, 0.29) is 30.0 Å². The Kier molecular flexibility index (Phi) is 6.78. The number of aromatic nitrogens is 1. The van der Waals surface area contributed by atoms with Gasteiger partial charge in [-0.25, -0.2) is 9.59 Å². The van der Waals surface area contributed by atoms with E-state index in [0.29, 0.717) is 12.0 Å². The van der Waals surface area contributed by atoms with Crippen molar-refractivity contribution >= 4 is 11.9 Å². The standard InChI is InChI=1S/C18H20N2O7/c1-11-6-12(2)16(20(23)24)15(7-11)27-18(22)14-8-13(9-19-10-14)17(21)26-5-4-25-3/h7-10,15H,4-6H2,1-3H3. The maximum Gasteiger partial charge on any atom is 0.340 e. The molecule has 0 bridgehead atoms. The Bertz CT molecular complexity index is 814. The number of esters is 2. The molecule has 0 fully saturated rings. The summed E-state index contributed by atoms with van der Waals surface area (Å²) in [7, 11) is 1.47. The van der Waals surface area contributed by atoms with Crippen LogP contribution in [0.2, 0.25) is 0 Å². The van der Waals surface area contributed by atoms with Crippen molar-refractivity contribution in [3.8, 4) is 0 Å². The summed E-state index contributed by atoms with van der Waals surface area (Å²) in [6.45, 7) is 3.74. The lowest BCUT2D eigenvalue weighted by Crippen LogP contribution is -2.26. The van der Waals surface area contributed by atoms with E-state index in [1.165, 1.54) is 25.6 Å². The van der Waals surface area contributed by atoms with Gasteiger partial charge in [-0.05, 0) is 32.4 Å². The summed E-state index contributed by atoms with van der Waals surface area (Å²) in [6, 6.07) is 1.27. The predicted octanol–water partition coefficient (Wildman–Crippen LogP) is 2.31. The van der Waals surface area contributed by atoms with Crippen molar-refractivity contribution in [1.82, 2.24) is 4.98 Å². The van der Waals surface area contributed by atoms with Crippen LogP contribution in [0.3, 0.4) is 0 Å². The number of hydrogen-bond donors (Lipinski definition) is 0. The summed E-state index contributed by atoms with van der Waals surface area (Å²) in [5.41, 5.74) is 1.30. The quantitative estimate of drug-likeness (QED) is 0.234. The van der Waals surface area contributed by atoms with Gasteiger partial charge >= 0.3 is 11.9 Å². The van der Waals surface area contributed by atoms with Crippen molar-refractivity contribution in [2.75, 3.05) is 20.3 Å².